The summed E-state index contributed by atoms with van der Waals surface area (Å²) in [6.45, 7) is 6.21. The molecular weight excluding hydrogens is 240 g/mol. The molecule has 0 amide bonds. The molecule has 0 fully saturated rings. The van der Waals surface area contributed by atoms with Crippen molar-refractivity contribution in [3.05, 3.63) is 23.3 Å². The van der Waals surface area contributed by atoms with Crippen LogP contribution in [-0.4, -0.2) is 26.8 Å². The highest BCUT2D eigenvalue weighted by atomic mass is 16.6. The third-order valence-electron chi connectivity index (χ3n) is 3.88. The highest BCUT2D eigenvalue weighted by molar-refractivity contribution is 5.49. The second-order valence-corrected chi connectivity index (χ2v) is 5.02. The summed E-state index contributed by atoms with van der Waals surface area (Å²) < 4.78 is 11.3. The topological polar surface area (TPSA) is 56.5 Å². The molecule has 1 aromatic carbocycles. The maximum atomic E-state index is 5.89. The summed E-state index contributed by atoms with van der Waals surface area (Å²) in [5.74, 6) is 2.12. The van der Waals surface area contributed by atoms with E-state index in [1.165, 1.54) is 11.1 Å². The maximum absolute atomic E-state index is 5.89. The van der Waals surface area contributed by atoms with Crippen LogP contribution in [0.15, 0.2) is 12.1 Å². The van der Waals surface area contributed by atoms with Crippen LogP contribution in [0.4, 0.5) is 0 Å². The Hall–Kier alpha value is -1.26. The second-order valence-electron chi connectivity index (χ2n) is 5.02. The van der Waals surface area contributed by atoms with Crippen molar-refractivity contribution in [1.29, 1.82) is 0 Å². The van der Waals surface area contributed by atoms with Gasteiger partial charge in [0.05, 0.1) is 0 Å². The summed E-state index contributed by atoms with van der Waals surface area (Å²) in [7, 11) is 1.99. The molecule has 0 saturated carbocycles. The number of hydrogen-bond donors (Lipinski definition) is 2. The van der Waals surface area contributed by atoms with E-state index in [0.29, 0.717) is 25.7 Å². The Morgan fingerprint density at radius 3 is 2.42 bits per heavy atom. The van der Waals surface area contributed by atoms with Crippen LogP contribution < -0.4 is 20.5 Å². The molecule has 2 rings (SSSR count). The predicted octanol–water partition coefficient (Wildman–Crippen LogP) is 2.01. The van der Waals surface area contributed by atoms with Crippen LogP contribution in [0.2, 0.25) is 0 Å². The summed E-state index contributed by atoms with van der Waals surface area (Å²) in [6.07, 6.45) is 1.05. The minimum Gasteiger partial charge on any atom is -0.486 e. The van der Waals surface area contributed by atoms with E-state index in [2.05, 4.69) is 31.3 Å². The first-order valence-corrected chi connectivity index (χ1v) is 6.98. The number of benzene rings is 1. The van der Waals surface area contributed by atoms with Gasteiger partial charge >= 0.3 is 0 Å². The predicted molar refractivity (Wildman–Crippen MR) is 76.8 cm³/mol. The lowest BCUT2D eigenvalue weighted by atomic mass is 9.88. The zero-order chi connectivity index (χ0) is 13.8. The Bertz CT molecular complexity index is 430. The zero-order valence-electron chi connectivity index (χ0n) is 12.0. The van der Waals surface area contributed by atoms with Crippen LogP contribution in [-0.2, 0) is 0 Å². The molecule has 3 N–H and O–H groups in total. The van der Waals surface area contributed by atoms with Crippen molar-refractivity contribution >= 4 is 0 Å². The number of fused-ring (bicyclic) bond motifs is 1. The van der Waals surface area contributed by atoms with Gasteiger partial charge < -0.3 is 20.5 Å². The lowest BCUT2D eigenvalue weighted by Crippen LogP contribution is -2.31. The molecule has 0 spiro atoms. The van der Waals surface area contributed by atoms with E-state index < -0.39 is 0 Å². The highest BCUT2D eigenvalue weighted by Crippen LogP contribution is 2.37. The molecular formula is C15H24N2O2. The molecule has 106 valence electrons. The van der Waals surface area contributed by atoms with Gasteiger partial charge in [-0.15, -0.1) is 0 Å². The smallest absolute Gasteiger partial charge is 0.161 e. The van der Waals surface area contributed by atoms with Gasteiger partial charge in [-0.2, -0.15) is 0 Å². The average molecular weight is 264 g/mol. The van der Waals surface area contributed by atoms with Crippen LogP contribution in [0.3, 0.4) is 0 Å². The molecule has 4 heteroatoms. The largest absolute Gasteiger partial charge is 0.486 e. The van der Waals surface area contributed by atoms with E-state index in [9.17, 15) is 0 Å². The van der Waals surface area contributed by atoms with Crippen molar-refractivity contribution in [3.8, 4) is 11.5 Å². The van der Waals surface area contributed by atoms with Crippen molar-refractivity contribution in [2.24, 2.45) is 11.7 Å². The van der Waals surface area contributed by atoms with Crippen LogP contribution in [0.25, 0.3) is 0 Å². The fourth-order valence-corrected chi connectivity index (χ4v) is 2.72. The normalized spacial score (nSPS) is 17.1. The molecule has 1 aromatic rings. The van der Waals surface area contributed by atoms with E-state index in [1.54, 1.807) is 0 Å². The maximum Gasteiger partial charge on any atom is 0.161 e. The van der Waals surface area contributed by atoms with Gasteiger partial charge in [0.2, 0.25) is 0 Å². The van der Waals surface area contributed by atoms with E-state index in [1.807, 2.05) is 7.05 Å². The number of nitrogens with two attached hydrogens (primary N) is 1. The van der Waals surface area contributed by atoms with Gasteiger partial charge in [0.25, 0.3) is 0 Å². The van der Waals surface area contributed by atoms with Gasteiger partial charge in [0, 0.05) is 6.04 Å². The van der Waals surface area contributed by atoms with Crippen LogP contribution in [0.5, 0.6) is 11.5 Å². The Labute approximate surface area is 115 Å². The lowest BCUT2D eigenvalue weighted by Gasteiger charge is -2.28. The van der Waals surface area contributed by atoms with E-state index in [4.69, 9.17) is 15.2 Å². The molecule has 0 aromatic heterocycles. The number of ether oxygens (including phenoxy) is 2. The molecule has 19 heavy (non-hydrogen) atoms. The summed E-state index contributed by atoms with van der Waals surface area (Å²) in [6, 6.07) is 4.42. The summed E-state index contributed by atoms with van der Waals surface area (Å²) in [5.41, 5.74) is 8.36. The molecule has 0 radical (unpaired) electrons. The first-order valence-electron chi connectivity index (χ1n) is 6.98. The molecule has 0 saturated heterocycles. The molecule has 0 aliphatic carbocycles. The molecule has 0 bridgehead atoms. The van der Waals surface area contributed by atoms with Crippen molar-refractivity contribution in [2.75, 3.05) is 26.8 Å². The van der Waals surface area contributed by atoms with E-state index in [0.717, 1.165) is 17.9 Å². The van der Waals surface area contributed by atoms with Gasteiger partial charge in [-0.3, -0.25) is 0 Å². The van der Waals surface area contributed by atoms with Crippen LogP contribution in [0, 0.1) is 12.8 Å². The van der Waals surface area contributed by atoms with Gasteiger partial charge in [0.15, 0.2) is 11.5 Å². The fourth-order valence-electron chi connectivity index (χ4n) is 2.72. The molecule has 4 nitrogen and oxygen atoms in total. The van der Waals surface area contributed by atoms with Crippen LogP contribution in [0.1, 0.15) is 30.5 Å². The number of nitrogens with one attached hydrogen (secondary N) is 1. The quantitative estimate of drug-likeness (QED) is 0.854. The van der Waals surface area contributed by atoms with Gasteiger partial charge in [-0.25, -0.2) is 0 Å². The Balaban J connectivity index is 2.37. The SMILES string of the molecule is CCC(CN)C(NC)c1cc2c(cc1C)OCCO2. The van der Waals surface area contributed by atoms with Crippen molar-refractivity contribution in [1.82, 2.24) is 5.32 Å². The van der Waals surface area contributed by atoms with Crippen LogP contribution >= 0.6 is 0 Å². The molecule has 1 heterocycles. The molecule has 1 aliphatic rings. The number of hydrogen-bond acceptors (Lipinski definition) is 4. The third-order valence-corrected chi connectivity index (χ3v) is 3.88. The summed E-state index contributed by atoms with van der Waals surface area (Å²) in [5, 5.41) is 3.39. The van der Waals surface area contributed by atoms with Gasteiger partial charge in [0.1, 0.15) is 13.2 Å². The number of aryl methyl sites for hydroxylation is 1. The van der Waals surface area contributed by atoms with Gasteiger partial charge in [-0.1, -0.05) is 13.3 Å². The zero-order valence-corrected chi connectivity index (χ0v) is 12.0. The van der Waals surface area contributed by atoms with Crippen molar-refractivity contribution in [2.45, 2.75) is 26.3 Å². The summed E-state index contributed by atoms with van der Waals surface area (Å²) >= 11 is 0. The fraction of sp³-hybridized carbons (Fsp3) is 0.600. The Kier molecular flexibility index (Phi) is 4.66. The average Bonchev–Trinajstić information content (AvgIpc) is 2.44. The molecule has 2 unspecified atom stereocenters. The second kappa shape index (κ2) is 6.26. The van der Waals surface area contributed by atoms with E-state index >= 15 is 0 Å². The third kappa shape index (κ3) is 2.85. The molecule has 1 aliphatic heterocycles. The molecule has 2 atom stereocenters. The van der Waals surface area contributed by atoms with E-state index in [-0.39, 0.29) is 6.04 Å². The first-order chi connectivity index (χ1) is 9.21. The summed E-state index contributed by atoms with van der Waals surface area (Å²) in [4.78, 5) is 0. The standard InChI is InChI=1S/C15H24N2O2/c1-4-11(9-16)15(17-3)12-8-14-13(7-10(12)2)18-5-6-19-14/h7-8,11,15,17H,4-6,9,16H2,1-3H3. The highest BCUT2D eigenvalue weighted by Gasteiger charge is 2.23. The lowest BCUT2D eigenvalue weighted by molar-refractivity contribution is 0.171. The van der Waals surface area contributed by atoms with Crippen molar-refractivity contribution < 1.29 is 9.47 Å². The minimum absolute atomic E-state index is 0.255. The van der Waals surface area contributed by atoms with Crippen molar-refractivity contribution in [3.63, 3.8) is 0 Å². The Morgan fingerprint density at radius 2 is 1.89 bits per heavy atom. The monoisotopic (exact) mass is 264 g/mol. The Morgan fingerprint density at radius 1 is 1.26 bits per heavy atom. The van der Waals surface area contributed by atoms with Gasteiger partial charge in [-0.05, 0) is 49.7 Å². The first kappa shape index (κ1) is 14.2. The minimum atomic E-state index is 0.255. The number of rotatable bonds is 5.